The number of benzene rings is 7. The van der Waals surface area contributed by atoms with Crippen LogP contribution in [0.1, 0.15) is 5.56 Å². The molecule has 1 aliphatic heterocycles. The van der Waals surface area contributed by atoms with Crippen LogP contribution in [0.2, 0.25) is 0 Å². The highest BCUT2D eigenvalue weighted by Gasteiger charge is 2.35. The number of fused-ring (bicyclic) bond motifs is 11. The van der Waals surface area contributed by atoms with E-state index in [2.05, 4.69) is 173 Å². The highest BCUT2D eigenvalue weighted by Crippen LogP contribution is 2.43. The fraction of sp³-hybridized carbons (Fsp3) is 0.0408. The molecule has 4 heterocycles. The maximum absolute atomic E-state index is 6.67. The van der Waals surface area contributed by atoms with Gasteiger partial charge in [0.15, 0.2) is 5.58 Å². The van der Waals surface area contributed by atoms with E-state index in [0.717, 1.165) is 94.2 Å². The molecule has 0 saturated heterocycles. The summed E-state index contributed by atoms with van der Waals surface area (Å²) in [4.78, 5) is 7.52. The quantitative estimate of drug-likeness (QED) is 0.184. The molecule has 10 aromatic rings. The van der Waals surface area contributed by atoms with Gasteiger partial charge in [-0.25, -0.2) is 0 Å². The first-order valence-corrected chi connectivity index (χ1v) is 18.5. The first kappa shape index (κ1) is 29.5. The number of para-hydroxylation sites is 2. The number of hydrogen-bond acceptors (Lipinski definition) is 4. The molecule has 7 aromatic carbocycles. The molecule has 0 fully saturated rings. The van der Waals surface area contributed by atoms with E-state index in [-0.39, 0.29) is 12.1 Å². The van der Waals surface area contributed by atoms with E-state index in [4.69, 9.17) is 13.8 Å². The van der Waals surface area contributed by atoms with Crippen molar-refractivity contribution in [1.82, 2.24) is 4.57 Å². The summed E-state index contributed by atoms with van der Waals surface area (Å²) in [5.74, 6) is 0.998. The Bertz CT molecular complexity index is 3230. The predicted molar refractivity (Wildman–Crippen MR) is 222 cm³/mol. The largest absolute Gasteiger partial charge is 0.456 e. The first-order chi connectivity index (χ1) is 26.8. The Morgan fingerprint density at radius 2 is 1.24 bits per heavy atom. The van der Waals surface area contributed by atoms with Crippen LogP contribution in [0.4, 0.5) is 5.69 Å². The molecule has 0 bridgehead atoms. The van der Waals surface area contributed by atoms with Crippen LogP contribution in [-0.4, -0.2) is 22.5 Å². The summed E-state index contributed by atoms with van der Waals surface area (Å²) in [7, 11) is 0. The average Bonchev–Trinajstić information content (AvgIpc) is 4.00. The molecule has 5 heteroatoms. The zero-order valence-electron chi connectivity index (χ0n) is 29.1. The second-order valence-electron chi connectivity index (χ2n) is 14.2. The Labute approximate surface area is 310 Å². The molecular weight excluding hydrogens is 663 g/mol. The minimum atomic E-state index is 0.0908. The summed E-state index contributed by atoms with van der Waals surface area (Å²) in [5, 5.41) is 6.78. The van der Waals surface area contributed by atoms with Gasteiger partial charge in [0, 0.05) is 49.6 Å². The second kappa shape index (κ2) is 11.2. The van der Waals surface area contributed by atoms with Gasteiger partial charge >= 0.3 is 0 Å². The number of rotatable bonds is 4. The molecule has 0 N–H and O–H groups in total. The summed E-state index contributed by atoms with van der Waals surface area (Å²) >= 11 is 0. The zero-order valence-corrected chi connectivity index (χ0v) is 29.1. The van der Waals surface area contributed by atoms with Gasteiger partial charge in [-0.3, -0.25) is 4.99 Å². The van der Waals surface area contributed by atoms with Gasteiger partial charge in [-0.15, -0.1) is 0 Å². The van der Waals surface area contributed by atoms with Gasteiger partial charge in [-0.05, 0) is 59.7 Å². The standard InChI is InChI=1S/C49H31N3O2/c1-2-11-31(12-3-1)49-50-40-16-6-8-18-42(40)52(49)32-23-21-30(22-24-32)34-15-10-20-44-46(34)39-26-25-33(29-45(39)53-44)51-41-17-7-4-13-35(41)37-27-28-38-36-14-5-9-19-43(36)54-48(38)47(37)51/h1-29,40,42H. The van der Waals surface area contributed by atoms with Crippen molar-refractivity contribution in [3.05, 3.63) is 182 Å². The van der Waals surface area contributed by atoms with Crippen molar-refractivity contribution in [2.45, 2.75) is 12.1 Å². The van der Waals surface area contributed by atoms with Crippen molar-refractivity contribution in [1.29, 1.82) is 0 Å². The molecule has 0 amide bonds. The highest BCUT2D eigenvalue weighted by atomic mass is 16.3. The lowest BCUT2D eigenvalue weighted by Crippen LogP contribution is -2.39. The van der Waals surface area contributed by atoms with Crippen LogP contribution in [-0.2, 0) is 0 Å². The molecule has 2 atom stereocenters. The molecule has 0 radical (unpaired) electrons. The van der Waals surface area contributed by atoms with E-state index in [9.17, 15) is 0 Å². The van der Waals surface area contributed by atoms with Crippen molar-refractivity contribution in [2.75, 3.05) is 4.90 Å². The van der Waals surface area contributed by atoms with Crippen LogP contribution < -0.4 is 4.90 Å². The topological polar surface area (TPSA) is 46.8 Å². The molecule has 2 aliphatic rings. The van der Waals surface area contributed by atoms with Crippen LogP contribution in [0.15, 0.2) is 190 Å². The third-order valence-corrected chi connectivity index (χ3v) is 11.3. The fourth-order valence-electron chi connectivity index (χ4n) is 8.88. The number of hydrogen-bond donors (Lipinski definition) is 0. The maximum atomic E-state index is 6.67. The molecule has 0 saturated carbocycles. The Morgan fingerprint density at radius 1 is 0.500 bits per heavy atom. The van der Waals surface area contributed by atoms with Crippen molar-refractivity contribution in [3.63, 3.8) is 0 Å². The molecule has 0 spiro atoms. The van der Waals surface area contributed by atoms with E-state index in [1.807, 2.05) is 12.1 Å². The third-order valence-electron chi connectivity index (χ3n) is 11.3. The van der Waals surface area contributed by atoms with Gasteiger partial charge in [-0.1, -0.05) is 121 Å². The molecule has 2 unspecified atom stereocenters. The fourth-order valence-corrected chi connectivity index (χ4v) is 8.88. The lowest BCUT2D eigenvalue weighted by molar-refractivity contribution is 0.668. The molecule has 1 aliphatic carbocycles. The molecule has 54 heavy (non-hydrogen) atoms. The normalized spacial score (nSPS) is 16.8. The van der Waals surface area contributed by atoms with E-state index >= 15 is 0 Å². The van der Waals surface area contributed by atoms with E-state index in [1.165, 1.54) is 5.39 Å². The number of furan rings is 2. The smallest absolute Gasteiger partial charge is 0.160 e. The van der Waals surface area contributed by atoms with Crippen LogP contribution in [0, 0.1) is 0 Å². The number of allylic oxidation sites excluding steroid dienone is 2. The van der Waals surface area contributed by atoms with Gasteiger partial charge in [-0.2, -0.15) is 0 Å². The highest BCUT2D eigenvalue weighted by molar-refractivity contribution is 6.22. The predicted octanol–water partition coefficient (Wildman–Crippen LogP) is 12.4. The Hall–Kier alpha value is -7.11. The van der Waals surface area contributed by atoms with E-state index in [0.29, 0.717) is 0 Å². The number of nitrogens with zero attached hydrogens (tertiary/aromatic N) is 3. The third kappa shape index (κ3) is 4.18. The molecule has 12 rings (SSSR count). The SMILES string of the molecule is C1=CC2N=C(c3ccccc3)N(c3ccc(-c4cccc5oc6cc(-n7c8ccccc8c8ccc9c%10ccccc%10oc9c87)ccc6c45)cc3)C2C=C1. The minimum absolute atomic E-state index is 0.0908. The number of anilines is 1. The first-order valence-electron chi connectivity index (χ1n) is 18.5. The van der Waals surface area contributed by atoms with Crippen LogP contribution >= 0.6 is 0 Å². The molecule has 5 nitrogen and oxygen atoms in total. The zero-order chi connectivity index (χ0) is 35.3. The van der Waals surface area contributed by atoms with Gasteiger partial charge in [0.2, 0.25) is 0 Å². The monoisotopic (exact) mass is 693 g/mol. The van der Waals surface area contributed by atoms with Crippen molar-refractivity contribution < 1.29 is 8.83 Å². The Kier molecular flexibility index (Phi) is 6.11. The van der Waals surface area contributed by atoms with Crippen molar-refractivity contribution in [3.8, 4) is 16.8 Å². The number of amidine groups is 1. The summed E-state index contributed by atoms with van der Waals surface area (Å²) in [5.41, 5.74) is 11.2. The summed E-state index contributed by atoms with van der Waals surface area (Å²) < 4.78 is 15.6. The minimum Gasteiger partial charge on any atom is -0.456 e. The summed E-state index contributed by atoms with van der Waals surface area (Å²) in [6.45, 7) is 0. The van der Waals surface area contributed by atoms with Gasteiger partial charge in [0.25, 0.3) is 0 Å². The van der Waals surface area contributed by atoms with Crippen molar-refractivity contribution in [2.24, 2.45) is 4.99 Å². The van der Waals surface area contributed by atoms with Gasteiger partial charge in [0.1, 0.15) is 22.6 Å². The lowest BCUT2D eigenvalue weighted by Gasteiger charge is -2.29. The molecule has 3 aromatic heterocycles. The Balaban J connectivity index is 0.987. The molecule has 254 valence electrons. The van der Waals surface area contributed by atoms with Crippen molar-refractivity contribution >= 4 is 77.2 Å². The lowest BCUT2D eigenvalue weighted by atomic mass is 9.98. The van der Waals surface area contributed by atoms with E-state index < -0.39 is 0 Å². The van der Waals surface area contributed by atoms with Crippen LogP contribution in [0.5, 0.6) is 0 Å². The summed E-state index contributed by atoms with van der Waals surface area (Å²) in [6.07, 6.45) is 8.67. The number of aliphatic imine (C=N–C) groups is 1. The summed E-state index contributed by atoms with van der Waals surface area (Å²) in [6, 6.07) is 53.9. The van der Waals surface area contributed by atoms with E-state index in [1.54, 1.807) is 0 Å². The van der Waals surface area contributed by atoms with Crippen LogP contribution in [0.3, 0.4) is 0 Å². The van der Waals surface area contributed by atoms with Crippen LogP contribution in [0.25, 0.3) is 82.5 Å². The average molecular weight is 694 g/mol. The number of aromatic nitrogens is 1. The maximum Gasteiger partial charge on any atom is 0.160 e. The van der Waals surface area contributed by atoms with Gasteiger partial charge in [0.05, 0.1) is 28.8 Å². The Morgan fingerprint density at radius 3 is 2.15 bits per heavy atom. The van der Waals surface area contributed by atoms with Gasteiger partial charge < -0.3 is 18.3 Å². The second-order valence-corrected chi connectivity index (χ2v) is 14.2. The molecular formula is C49H31N3O2.